The molecule has 0 aliphatic carbocycles. The third-order valence-corrected chi connectivity index (χ3v) is 3.41. The van der Waals surface area contributed by atoms with Crippen LogP contribution >= 0.6 is 0 Å². The Hall–Kier alpha value is -1.39. The van der Waals surface area contributed by atoms with Gasteiger partial charge in [-0.05, 0) is 12.0 Å². The van der Waals surface area contributed by atoms with Crippen molar-refractivity contribution in [3.05, 3.63) is 35.9 Å². The normalized spacial score (nSPS) is 24.8. The molecule has 1 heterocycles. The molecule has 0 amide bonds. The monoisotopic (exact) mass is 249 g/mol. The van der Waals surface area contributed by atoms with Gasteiger partial charge in [0.25, 0.3) is 0 Å². The number of hydrogen-bond donors (Lipinski definition) is 1. The van der Waals surface area contributed by atoms with E-state index in [-0.39, 0.29) is 5.97 Å². The number of benzene rings is 1. The van der Waals surface area contributed by atoms with E-state index in [4.69, 9.17) is 4.74 Å². The Morgan fingerprint density at radius 1 is 1.44 bits per heavy atom. The van der Waals surface area contributed by atoms with Crippen LogP contribution in [0.4, 0.5) is 0 Å². The molecular formula is C14H19NO3. The Balaban J connectivity index is 1.97. The summed E-state index contributed by atoms with van der Waals surface area (Å²) in [4.78, 5) is 13.8. The standard InChI is InChI=1S/C14H19NO3/c1-18-14(17)12-10-15(8-7-13(12)16)9-11-5-3-2-4-6-11/h2-6,12-13,16H,7-10H2,1H3. The van der Waals surface area contributed by atoms with Gasteiger partial charge in [-0.3, -0.25) is 9.69 Å². The smallest absolute Gasteiger partial charge is 0.312 e. The SMILES string of the molecule is COC(=O)C1CN(Cc2ccccc2)CCC1O. The largest absolute Gasteiger partial charge is 0.469 e. The molecule has 4 nitrogen and oxygen atoms in total. The number of likely N-dealkylation sites (tertiary alicyclic amines) is 1. The van der Waals surface area contributed by atoms with Crippen LogP contribution in [-0.2, 0) is 16.1 Å². The lowest BCUT2D eigenvalue weighted by Gasteiger charge is -2.34. The van der Waals surface area contributed by atoms with E-state index < -0.39 is 12.0 Å². The van der Waals surface area contributed by atoms with Gasteiger partial charge in [0, 0.05) is 19.6 Å². The van der Waals surface area contributed by atoms with Crippen LogP contribution in [0.3, 0.4) is 0 Å². The fraction of sp³-hybridized carbons (Fsp3) is 0.500. The first-order valence-corrected chi connectivity index (χ1v) is 6.23. The Labute approximate surface area is 107 Å². The average molecular weight is 249 g/mol. The minimum Gasteiger partial charge on any atom is -0.469 e. The number of methoxy groups -OCH3 is 1. The number of carbonyl (C=O) groups is 1. The van der Waals surface area contributed by atoms with Gasteiger partial charge in [0.15, 0.2) is 0 Å². The molecule has 4 heteroatoms. The highest BCUT2D eigenvalue weighted by atomic mass is 16.5. The number of nitrogens with zero attached hydrogens (tertiary/aromatic N) is 1. The first kappa shape index (κ1) is 13.1. The Kier molecular flexibility index (Phi) is 4.33. The van der Waals surface area contributed by atoms with Gasteiger partial charge in [-0.2, -0.15) is 0 Å². The summed E-state index contributed by atoms with van der Waals surface area (Å²) in [6.45, 7) is 2.17. The van der Waals surface area contributed by atoms with Crippen LogP contribution in [0.5, 0.6) is 0 Å². The zero-order valence-electron chi connectivity index (χ0n) is 10.6. The van der Waals surface area contributed by atoms with Crippen molar-refractivity contribution in [2.75, 3.05) is 20.2 Å². The van der Waals surface area contributed by atoms with Gasteiger partial charge in [-0.25, -0.2) is 0 Å². The fourth-order valence-electron chi connectivity index (χ4n) is 2.38. The highest BCUT2D eigenvalue weighted by Crippen LogP contribution is 2.20. The van der Waals surface area contributed by atoms with E-state index in [2.05, 4.69) is 17.0 Å². The molecule has 0 aromatic heterocycles. The van der Waals surface area contributed by atoms with Crippen LogP contribution in [0.15, 0.2) is 30.3 Å². The fourth-order valence-corrected chi connectivity index (χ4v) is 2.38. The number of carbonyl (C=O) groups excluding carboxylic acids is 1. The topological polar surface area (TPSA) is 49.8 Å². The second-order valence-electron chi connectivity index (χ2n) is 4.71. The predicted octanol–water partition coefficient (Wildman–Crippen LogP) is 1.04. The second-order valence-corrected chi connectivity index (χ2v) is 4.71. The molecule has 0 bridgehead atoms. The number of piperidine rings is 1. The van der Waals surface area contributed by atoms with Crippen molar-refractivity contribution in [3.63, 3.8) is 0 Å². The summed E-state index contributed by atoms with van der Waals surface area (Å²) in [5, 5.41) is 9.83. The van der Waals surface area contributed by atoms with Crippen molar-refractivity contribution in [2.45, 2.75) is 19.1 Å². The van der Waals surface area contributed by atoms with Gasteiger partial charge >= 0.3 is 5.97 Å². The predicted molar refractivity (Wildman–Crippen MR) is 67.8 cm³/mol. The molecule has 1 saturated heterocycles. The molecule has 0 saturated carbocycles. The van der Waals surface area contributed by atoms with Crippen LogP contribution < -0.4 is 0 Å². The molecule has 1 fully saturated rings. The molecule has 2 unspecified atom stereocenters. The number of ether oxygens (including phenoxy) is 1. The minimum absolute atomic E-state index is 0.319. The second kappa shape index (κ2) is 5.98. The van der Waals surface area contributed by atoms with Gasteiger partial charge in [0.05, 0.1) is 19.1 Å². The molecule has 0 radical (unpaired) electrons. The number of rotatable bonds is 3. The van der Waals surface area contributed by atoms with Crippen LogP contribution in [0.25, 0.3) is 0 Å². The molecule has 18 heavy (non-hydrogen) atoms. The zero-order chi connectivity index (χ0) is 13.0. The molecule has 1 aliphatic rings. The van der Waals surface area contributed by atoms with E-state index in [1.54, 1.807) is 0 Å². The van der Waals surface area contributed by atoms with Crippen LogP contribution in [0.1, 0.15) is 12.0 Å². The van der Waals surface area contributed by atoms with Crippen molar-refractivity contribution < 1.29 is 14.6 Å². The van der Waals surface area contributed by atoms with Crippen molar-refractivity contribution >= 4 is 5.97 Å². The average Bonchev–Trinajstić information content (AvgIpc) is 2.41. The van der Waals surface area contributed by atoms with Gasteiger partial charge in [0.1, 0.15) is 0 Å². The first-order valence-electron chi connectivity index (χ1n) is 6.23. The van der Waals surface area contributed by atoms with E-state index in [9.17, 15) is 9.90 Å². The van der Waals surface area contributed by atoms with E-state index in [1.165, 1.54) is 12.7 Å². The maximum absolute atomic E-state index is 11.6. The quantitative estimate of drug-likeness (QED) is 0.813. The summed E-state index contributed by atoms with van der Waals surface area (Å²) in [7, 11) is 1.37. The Bertz CT molecular complexity index is 393. The molecule has 1 aromatic rings. The number of aliphatic hydroxyl groups is 1. The van der Waals surface area contributed by atoms with Crippen LogP contribution in [0, 0.1) is 5.92 Å². The van der Waals surface area contributed by atoms with Crippen molar-refractivity contribution in [1.82, 2.24) is 4.90 Å². The molecule has 1 N–H and O–H groups in total. The molecule has 1 aliphatic heterocycles. The summed E-state index contributed by atoms with van der Waals surface area (Å²) in [5.74, 6) is -0.743. The lowest BCUT2D eigenvalue weighted by atomic mass is 9.94. The summed E-state index contributed by atoms with van der Waals surface area (Å²) in [6.07, 6.45) is 0.0385. The lowest BCUT2D eigenvalue weighted by molar-refractivity contribution is -0.152. The Morgan fingerprint density at radius 3 is 2.83 bits per heavy atom. The van der Waals surface area contributed by atoms with Crippen LogP contribution in [-0.4, -0.2) is 42.3 Å². The maximum Gasteiger partial charge on any atom is 0.312 e. The first-order chi connectivity index (χ1) is 8.70. The summed E-state index contributed by atoms with van der Waals surface area (Å²) in [5.41, 5.74) is 1.22. The molecule has 1 aromatic carbocycles. The molecular weight excluding hydrogens is 230 g/mol. The zero-order valence-corrected chi connectivity index (χ0v) is 10.6. The minimum atomic E-state index is -0.579. The van der Waals surface area contributed by atoms with Gasteiger partial charge < -0.3 is 9.84 Å². The van der Waals surface area contributed by atoms with Gasteiger partial charge in [-0.1, -0.05) is 30.3 Å². The number of hydrogen-bond acceptors (Lipinski definition) is 4. The van der Waals surface area contributed by atoms with E-state index in [0.29, 0.717) is 13.0 Å². The molecule has 98 valence electrons. The third-order valence-electron chi connectivity index (χ3n) is 3.41. The summed E-state index contributed by atoms with van der Waals surface area (Å²) >= 11 is 0. The number of esters is 1. The molecule has 2 atom stereocenters. The number of aliphatic hydroxyl groups excluding tert-OH is 1. The molecule has 0 spiro atoms. The van der Waals surface area contributed by atoms with E-state index >= 15 is 0 Å². The van der Waals surface area contributed by atoms with Crippen molar-refractivity contribution in [3.8, 4) is 0 Å². The lowest BCUT2D eigenvalue weighted by Crippen LogP contribution is -2.46. The van der Waals surface area contributed by atoms with E-state index in [0.717, 1.165) is 13.1 Å². The Morgan fingerprint density at radius 2 is 2.17 bits per heavy atom. The summed E-state index contributed by atoms with van der Waals surface area (Å²) < 4.78 is 4.73. The third kappa shape index (κ3) is 3.09. The van der Waals surface area contributed by atoms with E-state index in [1.807, 2.05) is 18.2 Å². The van der Waals surface area contributed by atoms with Crippen molar-refractivity contribution in [2.24, 2.45) is 5.92 Å². The van der Waals surface area contributed by atoms with Gasteiger partial charge in [0.2, 0.25) is 0 Å². The molecule has 2 rings (SSSR count). The highest BCUT2D eigenvalue weighted by Gasteiger charge is 2.33. The van der Waals surface area contributed by atoms with Crippen molar-refractivity contribution in [1.29, 1.82) is 0 Å². The maximum atomic E-state index is 11.6. The van der Waals surface area contributed by atoms with Gasteiger partial charge in [-0.15, -0.1) is 0 Å². The highest BCUT2D eigenvalue weighted by molar-refractivity contribution is 5.73. The van der Waals surface area contributed by atoms with Crippen LogP contribution in [0.2, 0.25) is 0 Å². The summed E-state index contributed by atoms with van der Waals surface area (Å²) in [6, 6.07) is 10.1.